The Morgan fingerprint density at radius 3 is 1.35 bits per heavy atom. The fourth-order valence-corrected chi connectivity index (χ4v) is 10.6. The standard InChI is InChI=1S/C48H65IO14Si2/c1-30(50)55-28-35-38(62-64(9,10)47(2,3)4)39(63-65(11,12)48(5,6)7)36(49)45(57-35)56-29-34-37(59-42(51)31-22-16-13-17-23-31)40(60-43(52)32-24-18-14-19-25-32)41(46(54-8)58-34)61-44(53)33-26-20-15-21-27-33/h13-27,34-41,45-46H,28-29H2,1-12H3/t34-,35-,36-,37-,38-,39-,40+,41-,45-,46+/m1/s1. The molecule has 2 aliphatic rings. The largest absolute Gasteiger partial charge is 0.463 e. The van der Waals surface area contributed by atoms with Crippen LogP contribution < -0.4 is 0 Å². The second-order valence-corrected chi connectivity index (χ2v) is 30.2. The lowest BCUT2D eigenvalue weighted by atomic mass is 9.97. The van der Waals surface area contributed by atoms with Crippen molar-refractivity contribution < 1.29 is 65.9 Å². The van der Waals surface area contributed by atoms with Gasteiger partial charge in [-0.25, -0.2) is 14.4 Å². The van der Waals surface area contributed by atoms with Gasteiger partial charge in [0.1, 0.15) is 24.9 Å². The smallest absolute Gasteiger partial charge is 0.338 e. The summed E-state index contributed by atoms with van der Waals surface area (Å²) in [6.45, 7) is 22.4. The highest BCUT2D eigenvalue weighted by Gasteiger charge is 2.56. The summed E-state index contributed by atoms with van der Waals surface area (Å²) in [5.74, 6) is -2.78. The molecule has 2 aliphatic heterocycles. The number of hydrogen-bond acceptors (Lipinski definition) is 14. The third-order valence-corrected chi connectivity index (χ3v) is 22.7. The molecule has 17 heteroatoms. The molecule has 0 bridgehead atoms. The molecule has 3 aromatic rings. The highest BCUT2D eigenvalue weighted by Crippen LogP contribution is 2.45. The number of rotatable bonds is 16. The van der Waals surface area contributed by atoms with Gasteiger partial charge in [0.05, 0.1) is 33.3 Å². The average molecular weight is 1050 g/mol. The number of carbonyl (C=O) groups excluding carboxylic acids is 4. The van der Waals surface area contributed by atoms with Crippen LogP contribution in [0.3, 0.4) is 0 Å². The highest BCUT2D eigenvalue weighted by atomic mass is 127. The lowest BCUT2D eigenvalue weighted by Crippen LogP contribution is -2.65. The van der Waals surface area contributed by atoms with Crippen LogP contribution in [0.15, 0.2) is 91.0 Å². The van der Waals surface area contributed by atoms with Crippen molar-refractivity contribution in [3.05, 3.63) is 108 Å². The van der Waals surface area contributed by atoms with Crippen LogP contribution >= 0.6 is 22.6 Å². The topological polar surface area (TPSA) is 161 Å². The van der Waals surface area contributed by atoms with E-state index in [9.17, 15) is 19.2 Å². The molecule has 356 valence electrons. The minimum Gasteiger partial charge on any atom is -0.463 e. The van der Waals surface area contributed by atoms with Gasteiger partial charge in [0, 0.05) is 14.0 Å². The SMILES string of the molecule is CO[C@H]1O[C@H](CO[C@@H]2O[C@H](COC(C)=O)[C@@H](O[Si](C)(C)C(C)(C)C)[C@H](O[Si](C)(C)C(C)(C)C)[C@H]2I)[C@@H](OC(=O)c2ccccc2)[C@H](OC(=O)c2ccccc2)[C@H]1OC(=O)c1ccccc1. The zero-order valence-electron chi connectivity index (χ0n) is 39.4. The first-order chi connectivity index (χ1) is 30.4. The van der Waals surface area contributed by atoms with Crippen LogP contribution in [0.4, 0.5) is 0 Å². The summed E-state index contributed by atoms with van der Waals surface area (Å²) in [5.41, 5.74) is 0.628. The second kappa shape index (κ2) is 22.1. The van der Waals surface area contributed by atoms with Crippen molar-refractivity contribution in [1.82, 2.24) is 0 Å². The first-order valence-electron chi connectivity index (χ1n) is 21.8. The maximum atomic E-state index is 14.0. The van der Waals surface area contributed by atoms with Gasteiger partial charge in [0.15, 0.2) is 47.5 Å². The monoisotopic (exact) mass is 1050 g/mol. The molecule has 0 unspecified atom stereocenters. The van der Waals surface area contributed by atoms with E-state index >= 15 is 0 Å². The number of halogens is 1. The average Bonchev–Trinajstić information content (AvgIpc) is 3.25. The van der Waals surface area contributed by atoms with E-state index in [1.54, 1.807) is 91.0 Å². The van der Waals surface area contributed by atoms with Crippen LogP contribution in [-0.2, 0) is 51.5 Å². The van der Waals surface area contributed by atoms with Gasteiger partial charge in [-0.1, -0.05) is 119 Å². The molecule has 0 radical (unpaired) electrons. The minimum absolute atomic E-state index is 0.135. The predicted octanol–water partition coefficient (Wildman–Crippen LogP) is 8.92. The maximum Gasteiger partial charge on any atom is 0.338 e. The predicted molar refractivity (Wildman–Crippen MR) is 256 cm³/mol. The Labute approximate surface area is 399 Å². The van der Waals surface area contributed by atoms with E-state index in [0.29, 0.717) is 0 Å². The quantitative estimate of drug-likeness (QED) is 0.0440. The molecule has 0 aromatic heterocycles. The highest BCUT2D eigenvalue weighted by molar-refractivity contribution is 14.1. The number of esters is 4. The van der Waals surface area contributed by atoms with Crippen molar-refractivity contribution in [3.63, 3.8) is 0 Å². The number of hydrogen-bond donors (Lipinski definition) is 0. The first kappa shape index (κ1) is 52.4. The molecule has 2 saturated heterocycles. The Morgan fingerprint density at radius 1 is 0.554 bits per heavy atom. The molecule has 3 aromatic carbocycles. The molecule has 65 heavy (non-hydrogen) atoms. The number of carbonyl (C=O) groups is 4. The molecule has 14 nitrogen and oxygen atoms in total. The third kappa shape index (κ3) is 13.3. The molecule has 0 amide bonds. The summed E-state index contributed by atoms with van der Waals surface area (Å²) >= 11 is 2.27. The fourth-order valence-electron chi connectivity index (χ4n) is 6.74. The summed E-state index contributed by atoms with van der Waals surface area (Å²) in [4.78, 5) is 53.9. The lowest BCUT2D eigenvalue weighted by molar-refractivity contribution is -0.308. The van der Waals surface area contributed by atoms with E-state index in [1.807, 2.05) is 0 Å². The van der Waals surface area contributed by atoms with Crippen LogP contribution in [0.5, 0.6) is 0 Å². The molecular weight excluding hydrogens is 984 g/mol. The first-order valence-corrected chi connectivity index (χ1v) is 28.9. The van der Waals surface area contributed by atoms with Gasteiger partial charge in [-0.05, 0) is 72.7 Å². The van der Waals surface area contributed by atoms with Crippen LogP contribution in [0, 0.1) is 0 Å². The van der Waals surface area contributed by atoms with Crippen molar-refractivity contribution in [2.75, 3.05) is 20.3 Å². The minimum atomic E-state index is -2.51. The molecule has 0 aliphatic carbocycles. The Hall–Kier alpha value is -3.54. The lowest BCUT2D eigenvalue weighted by Gasteiger charge is -2.52. The van der Waals surface area contributed by atoms with Gasteiger partial charge < -0.3 is 46.7 Å². The van der Waals surface area contributed by atoms with Crippen LogP contribution in [0.2, 0.25) is 36.3 Å². The molecule has 0 saturated carbocycles. The van der Waals surface area contributed by atoms with E-state index in [-0.39, 0.29) is 40.0 Å². The van der Waals surface area contributed by atoms with Crippen molar-refractivity contribution in [3.8, 4) is 0 Å². The Kier molecular flexibility index (Phi) is 17.8. The maximum absolute atomic E-state index is 14.0. The molecule has 0 spiro atoms. The summed E-state index contributed by atoms with van der Waals surface area (Å²) in [7, 11) is -3.64. The van der Waals surface area contributed by atoms with Crippen molar-refractivity contribution >= 4 is 63.1 Å². The number of methoxy groups -OCH3 is 1. The molecule has 10 atom stereocenters. The zero-order valence-corrected chi connectivity index (χ0v) is 43.6. The van der Waals surface area contributed by atoms with Crippen molar-refractivity contribution in [1.29, 1.82) is 0 Å². The summed E-state index contributed by atoms with van der Waals surface area (Å²) in [6.07, 6.45) is -9.94. The van der Waals surface area contributed by atoms with Gasteiger partial charge in [-0.2, -0.15) is 0 Å². The molecule has 2 heterocycles. The van der Waals surface area contributed by atoms with E-state index in [4.69, 9.17) is 46.7 Å². The van der Waals surface area contributed by atoms with Gasteiger partial charge in [-0.15, -0.1) is 0 Å². The Morgan fingerprint density at radius 2 is 0.938 bits per heavy atom. The zero-order chi connectivity index (χ0) is 47.9. The third-order valence-electron chi connectivity index (χ3n) is 12.5. The van der Waals surface area contributed by atoms with Gasteiger partial charge in [-0.3, -0.25) is 4.79 Å². The Bertz CT molecular complexity index is 2040. The van der Waals surface area contributed by atoms with Crippen molar-refractivity contribution in [2.45, 2.75) is 144 Å². The van der Waals surface area contributed by atoms with Crippen LogP contribution in [-0.4, -0.2) is 120 Å². The van der Waals surface area contributed by atoms with E-state index in [1.165, 1.54) is 14.0 Å². The normalized spacial score (nSPS) is 26.4. The number of alkyl halides is 1. The van der Waals surface area contributed by atoms with E-state index < -0.39 is 99.7 Å². The van der Waals surface area contributed by atoms with Crippen molar-refractivity contribution in [2.24, 2.45) is 0 Å². The van der Waals surface area contributed by atoms with E-state index in [2.05, 4.69) is 90.3 Å². The van der Waals surface area contributed by atoms with E-state index in [0.717, 1.165) is 0 Å². The Balaban J connectivity index is 1.56. The number of benzene rings is 3. The summed E-state index contributed by atoms with van der Waals surface area (Å²) < 4.78 is 63.7. The second-order valence-electron chi connectivity index (χ2n) is 19.3. The van der Waals surface area contributed by atoms with Gasteiger partial charge >= 0.3 is 23.9 Å². The van der Waals surface area contributed by atoms with Gasteiger partial charge in [0.2, 0.25) is 0 Å². The molecule has 0 N–H and O–H groups in total. The summed E-state index contributed by atoms with van der Waals surface area (Å²) in [5, 5.41) is -0.358. The van der Waals surface area contributed by atoms with Crippen LogP contribution in [0.25, 0.3) is 0 Å². The number of ether oxygens (including phenoxy) is 8. The molecular formula is C48H65IO14Si2. The molecule has 2 fully saturated rings. The fraction of sp³-hybridized carbons (Fsp3) is 0.542. The van der Waals surface area contributed by atoms with Crippen LogP contribution in [0.1, 0.15) is 79.5 Å². The molecule has 5 rings (SSSR count). The van der Waals surface area contributed by atoms with Gasteiger partial charge in [0.25, 0.3) is 0 Å². The summed E-state index contributed by atoms with van der Waals surface area (Å²) in [6, 6.07) is 24.8.